The highest BCUT2D eigenvalue weighted by atomic mass is 16.1. The van der Waals surface area contributed by atoms with Gasteiger partial charge in [0.05, 0.1) is 17.4 Å². The van der Waals surface area contributed by atoms with Gasteiger partial charge in [0.25, 0.3) is 0 Å². The molecule has 2 atom stereocenters. The van der Waals surface area contributed by atoms with Gasteiger partial charge in [-0.2, -0.15) is 0 Å². The maximum atomic E-state index is 12.4. The Morgan fingerprint density at radius 3 is 2.82 bits per heavy atom. The molecule has 3 aromatic rings. The Labute approximate surface area is 202 Å². The number of fused-ring (bicyclic) bond motifs is 2. The number of likely N-dealkylation sites (N-methyl/N-ethyl adjacent to an activating group) is 1. The molecule has 0 spiro atoms. The van der Waals surface area contributed by atoms with Crippen molar-refractivity contribution in [3.05, 3.63) is 59.2 Å². The molecule has 0 aromatic carbocycles. The number of anilines is 1. The molecule has 1 saturated heterocycles. The predicted octanol–water partition coefficient (Wildman–Crippen LogP) is 3.97. The molecule has 2 aliphatic rings. The van der Waals surface area contributed by atoms with Crippen LogP contribution < -0.4 is 4.90 Å². The van der Waals surface area contributed by atoms with E-state index >= 15 is 0 Å². The molecule has 5 rings (SSSR count). The lowest BCUT2D eigenvalue weighted by molar-refractivity contribution is 0.111. The van der Waals surface area contributed by atoms with Gasteiger partial charge < -0.3 is 9.80 Å². The van der Waals surface area contributed by atoms with Gasteiger partial charge in [-0.05, 0) is 76.5 Å². The topological polar surface area (TPSA) is 57.0 Å². The number of imidazole rings is 1. The first-order valence-electron chi connectivity index (χ1n) is 12.7. The number of aryl methyl sites for hydroxylation is 1. The van der Waals surface area contributed by atoms with Crippen LogP contribution in [0.5, 0.6) is 0 Å². The van der Waals surface area contributed by atoms with Crippen molar-refractivity contribution in [3.8, 4) is 0 Å². The predicted molar refractivity (Wildman–Crippen MR) is 136 cm³/mol. The fraction of sp³-hybridized carbons (Fsp3) is 0.519. The summed E-state index contributed by atoms with van der Waals surface area (Å²) < 4.78 is 2.07. The lowest BCUT2D eigenvalue weighted by Gasteiger charge is -2.34. The second-order valence-electron chi connectivity index (χ2n) is 9.92. The molecule has 34 heavy (non-hydrogen) atoms. The maximum Gasteiger partial charge on any atom is 0.168 e. The van der Waals surface area contributed by atoms with Crippen LogP contribution in [0.25, 0.3) is 5.65 Å². The Morgan fingerprint density at radius 1 is 1.18 bits per heavy atom. The van der Waals surface area contributed by atoms with E-state index in [1.54, 1.807) is 0 Å². The SMILES string of the molecule is CCCN(Cc1nc2cccc(N3CC[C@@H](N(C)C)C3)n2c1C=O)[C@H]1CCCc2cccnc21. The molecule has 1 aliphatic heterocycles. The van der Waals surface area contributed by atoms with Gasteiger partial charge in [0, 0.05) is 31.9 Å². The van der Waals surface area contributed by atoms with E-state index in [1.807, 2.05) is 18.3 Å². The van der Waals surface area contributed by atoms with E-state index in [2.05, 4.69) is 58.3 Å². The number of nitrogens with zero attached hydrogens (tertiary/aromatic N) is 6. The fourth-order valence-electron chi connectivity index (χ4n) is 5.77. The Balaban J connectivity index is 1.50. The van der Waals surface area contributed by atoms with Crippen LogP contribution in [0.3, 0.4) is 0 Å². The second-order valence-corrected chi connectivity index (χ2v) is 9.92. The largest absolute Gasteiger partial charge is 0.356 e. The lowest BCUT2D eigenvalue weighted by atomic mass is 9.90. The second kappa shape index (κ2) is 9.84. The van der Waals surface area contributed by atoms with Gasteiger partial charge in [-0.3, -0.25) is 19.1 Å². The molecule has 7 heteroatoms. The molecule has 0 bridgehead atoms. The van der Waals surface area contributed by atoms with Crippen molar-refractivity contribution in [1.82, 2.24) is 24.2 Å². The summed E-state index contributed by atoms with van der Waals surface area (Å²) in [5.41, 5.74) is 4.95. The summed E-state index contributed by atoms with van der Waals surface area (Å²) >= 11 is 0. The van der Waals surface area contributed by atoms with E-state index in [1.165, 1.54) is 17.7 Å². The van der Waals surface area contributed by atoms with Crippen LogP contribution in [-0.4, -0.2) is 70.2 Å². The Kier molecular flexibility index (Phi) is 6.66. The van der Waals surface area contributed by atoms with Crippen molar-refractivity contribution in [3.63, 3.8) is 0 Å². The normalized spacial score (nSPS) is 20.4. The molecule has 0 radical (unpaired) electrons. The minimum Gasteiger partial charge on any atom is -0.356 e. The number of hydrogen-bond acceptors (Lipinski definition) is 6. The van der Waals surface area contributed by atoms with Gasteiger partial charge >= 0.3 is 0 Å². The molecule has 0 amide bonds. The van der Waals surface area contributed by atoms with Crippen LogP contribution in [0.1, 0.15) is 66.1 Å². The van der Waals surface area contributed by atoms with Gasteiger partial charge in [0.15, 0.2) is 6.29 Å². The van der Waals surface area contributed by atoms with E-state index in [4.69, 9.17) is 9.97 Å². The molecule has 1 fully saturated rings. The first-order chi connectivity index (χ1) is 16.6. The summed E-state index contributed by atoms with van der Waals surface area (Å²) in [7, 11) is 4.28. The number of pyridine rings is 2. The first-order valence-corrected chi connectivity index (χ1v) is 12.7. The number of carbonyl (C=O) groups is 1. The molecule has 4 heterocycles. The van der Waals surface area contributed by atoms with Gasteiger partial charge in [-0.25, -0.2) is 4.98 Å². The van der Waals surface area contributed by atoms with Crippen LogP contribution in [0.15, 0.2) is 36.5 Å². The third kappa shape index (κ3) is 4.23. The van der Waals surface area contributed by atoms with Crippen molar-refractivity contribution in [2.24, 2.45) is 0 Å². The Hall–Kier alpha value is -2.77. The average molecular weight is 461 g/mol. The molecular formula is C27H36N6O. The lowest BCUT2D eigenvalue weighted by Crippen LogP contribution is -2.33. The Bertz CT molecular complexity index is 1160. The van der Waals surface area contributed by atoms with E-state index in [0.717, 1.165) is 68.8 Å². The third-order valence-electron chi connectivity index (χ3n) is 7.53. The van der Waals surface area contributed by atoms with Gasteiger partial charge in [-0.1, -0.05) is 19.1 Å². The standard InChI is InChI=1S/C27H36N6O/c1-4-15-31(23-10-5-8-20-9-7-14-28-27(20)23)18-22-24(19-34)33-25(29-22)11-6-12-26(33)32-16-13-21(17-32)30(2)3/h6-7,9,11-12,14,19,21,23H,4-5,8,10,13,15-18H2,1-3H3/t21-,23+/m1/s1. The van der Waals surface area contributed by atoms with Crippen LogP contribution in [0.2, 0.25) is 0 Å². The number of aromatic nitrogens is 3. The van der Waals surface area contributed by atoms with Crippen molar-refractivity contribution in [2.45, 2.75) is 57.7 Å². The summed E-state index contributed by atoms with van der Waals surface area (Å²) in [5, 5.41) is 0. The first kappa shape index (κ1) is 23.0. The summed E-state index contributed by atoms with van der Waals surface area (Å²) in [6, 6.07) is 11.2. The molecule has 0 N–H and O–H groups in total. The van der Waals surface area contributed by atoms with E-state index < -0.39 is 0 Å². The average Bonchev–Trinajstić information content (AvgIpc) is 3.48. The van der Waals surface area contributed by atoms with E-state index in [-0.39, 0.29) is 6.04 Å². The van der Waals surface area contributed by atoms with Crippen LogP contribution in [0, 0.1) is 0 Å². The minimum atomic E-state index is 0.271. The minimum absolute atomic E-state index is 0.271. The monoisotopic (exact) mass is 460 g/mol. The number of carbonyl (C=O) groups excluding carboxylic acids is 1. The maximum absolute atomic E-state index is 12.4. The number of hydrogen-bond donors (Lipinski definition) is 0. The highest BCUT2D eigenvalue weighted by Gasteiger charge is 2.30. The highest BCUT2D eigenvalue weighted by Crippen LogP contribution is 2.34. The van der Waals surface area contributed by atoms with Crippen molar-refractivity contribution >= 4 is 17.8 Å². The van der Waals surface area contributed by atoms with Gasteiger partial charge in [0.1, 0.15) is 17.2 Å². The van der Waals surface area contributed by atoms with Crippen molar-refractivity contribution in [1.29, 1.82) is 0 Å². The quantitative estimate of drug-likeness (QED) is 0.474. The smallest absolute Gasteiger partial charge is 0.168 e. The van der Waals surface area contributed by atoms with Gasteiger partial charge in [-0.15, -0.1) is 0 Å². The molecule has 1 aliphatic carbocycles. The molecular weight excluding hydrogens is 424 g/mol. The Morgan fingerprint density at radius 2 is 2.06 bits per heavy atom. The van der Waals surface area contributed by atoms with E-state index in [0.29, 0.717) is 18.3 Å². The number of aldehydes is 1. The van der Waals surface area contributed by atoms with Crippen LogP contribution in [-0.2, 0) is 13.0 Å². The summed E-state index contributed by atoms with van der Waals surface area (Å²) in [6.45, 7) is 5.77. The zero-order chi connectivity index (χ0) is 23.7. The summed E-state index contributed by atoms with van der Waals surface area (Å²) in [5.74, 6) is 1.06. The van der Waals surface area contributed by atoms with Crippen molar-refractivity contribution < 1.29 is 4.79 Å². The van der Waals surface area contributed by atoms with Gasteiger partial charge in [0.2, 0.25) is 0 Å². The van der Waals surface area contributed by atoms with Crippen LogP contribution in [0.4, 0.5) is 5.82 Å². The molecule has 0 saturated carbocycles. The molecule has 0 unspecified atom stereocenters. The zero-order valence-electron chi connectivity index (χ0n) is 20.7. The van der Waals surface area contributed by atoms with Crippen LogP contribution >= 0.6 is 0 Å². The summed E-state index contributed by atoms with van der Waals surface area (Å²) in [6.07, 6.45) is 8.44. The third-order valence-corrected chi connectivity index (χ3v) is 7.53. The zero-order valence-corrected chi connectivity index (χ0v) is 20.7. The molecule has 180 valence electrons. The van der Waals surface area contributed by atoms with E-state index in [9.17, 15) is 4.79 Å². The highest BCUT2D eigenvalue weighted by molar-refractivity contribution is 5.78. The molecule has 3 aromatic heterocycles. The van der Waals surface area contributed by atoms with Crippen molar-refractivity contribution in [2.75, 3.05) is 38.6 Å². The molecule has 7 nitrogen and oxygen atoms in total. The summed E-state index contributed by atoms with van der Waals surface area (Å²) in [4.78, 5) is 29.3. The fourth-order valence-corrected chi connectivity index (χ4v) is 5.77. The number of rotatable bonds is 8.